The number of benzene rings is 1. The van der Waals surface area contributed by atoms with Crippen molar-refractivity contribution in [1.82, 2.24) is 20.0 Å². The minimum Gasteiger partial charge on any atom is -0.473 e. The number of aromatic nitrogens is 3. The minimum absolute atomic E-state index is 0.134. The summed E-state index contributed by atoms with van der Waals surface area (Å²) in [6, 6.07) is 8.08. The molecule has 4 aliphatic rings. The summed E-state index contributed by atoms with van der Waals surface area (Å²) in [5, 5.41) is 14.6. The van der Waals surface area contributed by atoms with Crippen LogP contribution in [0.1, 0.15) is 79.9 Å². The number of piperidine rings is 1. The smallest absolute Gasteiger partial charge is 0.265 e. The van der Waals surface area contributed by atoms with Gasteiger partial charge in [-0.1, -0.05) is 11.2 Å². The maximum absolute atomic E-state index is 14.5. The quantitative estimate of drug-likeness (QED) is 0.398. The van der Waals surface area contributed by atoms with Gasteiger partial charge in [0.15, 0.2) is 17.3 Å². The highest BCUT2D eigenvalue weighted by atomic mass is 19.3. The van der Waals surface area contributed by atoms with Crippen molar-refractivity contribution in [3.63, 3.8) is 0 Å². The predicted molar refractivity (Wildman–Crippen MR) is 157 cm³/mol. The zero-order valence-electron chi connectivity index (χ0n) is 24.7. The van der Waals surface area contributed by atoms with Crippen LogP contribution in [-0.2, 0) is 18.3 Å². The summed E-state index contributed by atoms with van der Waals surface area (Å²) in [5.74, 6) is -1.01. The monoisotopic (exact) mass is 589 g/mol. The summed E-state index contributed by atoms with van der Waals surface area (Å²) in [5.41, 5.74) is 10.2. The molecule has 2 fully saturated rings. The van der Waals surface area contributed by atoms with Gasteiger partial charge in [0.2, 0.25) is 5.88 Å². The first-order chi connectivity index (χ1) is 20.7. The van der Waals surface area contributed by atoms with Crippen molar-refractivity contribution in [1.29, 1.82) is 5.26 Å². The lowest BCUT2D eigenvalue weighted by Gasteiger charge is -2.34. The molecular formula is C32H37F2N7O2. The van der Waals surface area contributed by atoms with E-state index in [4.69, 9.17) is 25.0 Å². The highest BCUT2D eigenvalue weighted by Crippen LogP contribution is 2.54. The largest absolute Gasteiger partial charge is 0.473 e. The van der Waals surface area contributed by atoms with E-state index in [9.17, 15) is 14.0 Å². The van der Waals surface area contributed by atoms with Gasteiger partial charge in [0.25, 0.3) is 5.92 Å². The normalized spacial score (nSPS) is 25.4. The second-order valence-corrected chi connectivity index (χ2v) is 12.7. The first kappa shape index (κ1) is 28.0. The number of hydrogen-bond donors (Lipinski definition) is 1. The fourth-order valence-corrected chi connectivity index (χ4v) is 7.96. The minimum atomic E-state index is -2.79. The number of rotatable bonds is 5. The fourth-order valence-electron chi connectivity index (χ4n) is 7.96. The van der Waals surface area contributed by atoms with E-state index in [2.05, 4.69) is 23.2 Å². The van der Waals surface area contributed by atoms with Crippen LogP contribution >= 0.6 is 0 Å². The Morgan fingerprint density at radius 1 is 1.14 bits per heavy atom. The topological polar surface area (TPSA) is 117 Å². The van der Waals surface area contributed by atoms with Gasteiger partial charge >= 0.3 is 0 Å². The van der Waals surface area contributed by atoms with Crippen molar-refractivity contribution < 1.29 is 18.0 Å². The molecule has 2 aliphatic heterocycles. The molecule has 43 heavy (non-hydrogen) atoms. The third kappa shape index (κ3) is 4.71. The molecule has 2 aliphatic carbocycles. The van der Waals surface area contributed by atoms with Gasteiger partial charge in [0.1, 0.15) is 18.0 Å². The van der Waals surface area contributed by atoms with Crippen molar-refractivity contribution in [3.05, 3.63) is 46.2 Å². The number of nitriles is 1. The standard InChI is InChI=1S/C32H37F2N7O2/c1-19(24-7-4-14-40(24)2)42-26-16-25(41-15-5-12-32(33,34)18-41)37-30(38-26)28-21-6-3-11-31(29(21)43-39-28)13-10-20-8-9-23(36)22(17-35)27(20)31/h8-9,16,19,24H,3-7,10-15,18,36H2,1-2H3. The van der Waals surface area contributed by atoms with E-state index in [1.807, 2.05) is 13.0 Å². The van der Waals surface area contributed by atoms with Crippen molar-refractivity contribution in [2.24, 2.45) is 0 Å². The van der Waals surface area contributed by atoms with Gasteiger partial charge < -0.3 is 19.9 Å². The molecule has 1 aromatic carbocycles. The Hall–Kier alpha value is -3.78. The molecule has 2 saturated heterocycles. The van der Waals surface area contributed by atoms with E-state index in [0.717, 1.165) is 67.5 Å². The molecule has 4 heterocycles. The lowest BCUT2D eigenvalue weighted by atomic mass is 9.68. The van der Waals surface area contributed by atoms with E-state index in [1.165, 1.54) is 0 Å². The second-order valence-electron chi connectivity index (χ2n) is 12.7. The second kappa shape index (κ2) is 10.4. The average Bonchev–Trinajstić information content (AvgIpc) is 3.71. The first-order valence-corrected chi connectivity index (χ1v) is 15.4. The molecule has 3 aromatic rings. The maximum Gasteiger partial charge on any atom is 0.265 e. The van der Waals surface area contributed by atoms with Crippen molar-refractivity contribution in [3.8, 4) is 23.5 Å². The highest BCUT2D eigenvalue weighted by Gasteiger charge is 2.49. The summed E-state index contributed by atoms with van der Waals surface area (Å²) < 4.78 is 41.5. The maximum atomic E-state index is 14.5. The SMILES string of the molecule is CC(Oc1cc(N2CCCC(F)(F)C2)nc(-c2noc3c2CCCC32CCc3ccc(N)c(C#N)c32)n1)C1CCCN1C. The van der Waals surface area contributed by atoms with Crippen LogP contribution in [-0.4, -0.2) is 64.8 Å². The van der Waals surface area contributed by atoms with Crippen LogP contribution in [0.4, 0.5) is 20.3 Å². The Bertz CT molecular complexity index is 1600. The number of nitrogens with two attached hydrogens (primary N) is 1. The van der Waals surface area contributed by atoms with Crippen molar-refractivity contribution in [2.45, 2.75) is 88.2 Å². The van der Waals surface area contributed by atoms with Crippen LogP contribution in [0.5, 0.6) is 5.88 Å². The Balaban J connectivity index is 1.31. The molecule has 0 radical (unpaired) electrons. The molecule has 2 N–H and O–H groups in total. The van der Waals surface area contributed by atoms with Crippen LogP contribution in [0, 0.1) is 11.3 Å². The molecule has 7 rings (SSSR count). The molecule has 3 unspecified atom stereocenters. The zero-order valence-corrected chi connectivity index (χ0v) is 24.7. The Labute approximate surface area is 250 Å². The van der Waals surface area contributed by atoms with Crippen LogP contribution in [0.3, 0.4) is 0 Å². The summed E-state index contributed by atoms with van der Waals surface area (Å²) in [4.78, 5) is 13.5. The Morgan fingerprint density at radius 3 is 2.77 bits per heavy atom. The van der Waals surface area contributed by atoms with E-state index in [-0.39, 0.29) is 18.6 Å². The number of fused-ring (bicyclic) bond motifs is 4. The average molecular weight is 590 g/mol. The number of likely N-dealkylation sites (N-methyl/N-ethyl adjacent to an activating group) is 1. The number of likely N-dealkylation sites (tertiary alicyclic amines) is 1. The summed E-state index contributed by atoms with van der Waals surface area (Å²) >= 11 is 0. The third-order valence-corrected chi connectivity index (χ3v) is 10.0. The zero-order chi connectivity index (χ0) is 29.9. The molecule has 1 spiro atoms. The summed E-state index contributed by atoms with van der Waals surface area (Å²) in [6.45, 7) is 3.11. The number of ether oxygens (including phenoxy) is 1. The van der Waals surface area contributed by atoms with E-state index >= 15 is 0 Å². The fraction of sp³-hybridized carbons (Fsp3) is 0.562. The van der Waals surface area contributed by atoms with Crippen LogP contribution in [0.25, 0.3) is 11.5 Å². The molecule has 11 heteroatoms. The highest BCUT2D eigenvalue weighted by molar-refractivity contribution is 5.68. The van der Waals surface area contributed by atoms with Crippen molar-refractivity contribution >= 4 is 11.5 Å². The number of nitrogen functional groups attached to an aromatic ring is 1. The van der Waals surface area contributed by atoms with Crippen LogP contribution in [0.2, 0.25) is 0 Å². The predicted octanol–water partition coefficient (Wildman–Crippen LogP) is 5.25. The summed E-state index contributed by atoms with van der Waals surface area (Å²) in [7, 11) is 2.09. The van der Waals surface area contributed by atoms with Gasteiger partial charge in [0.05, 0.1) is 17.5 Å². The number of aryl methyl sites for hydroxylation is 1. The van der Waals surface area contributed by atoms with Gasteiger partial charge in [-0.2, -0.15) is 10.2 Å². The van der Waals surface area contributed by atoms with E-state index in [1.54, 1.807) is 17.0 Å². The van der Waals surface area contributed by atoms with Gasteiger partial charge in [-0.05, 0) is 89.1 Å². The van der Waals surface area contributed by atoms with Gasteiger partial charge in [-0.25, -0.2) is 13.8 Å². The van der Waals surface area contributed by atoms with Crippen molar-refractivity contribution in [2.75, 3.05) is 37.3 Å². The molecule has 3 atom stereocenters. The molecule has 2 aromatic heterocycles. The molecule has 0 saturated carbocycles. The molecular weight excluding hydrogens is 552 g/mol. The number of hydrogen-bond acceptors (Lipinski definition) is 9. The van der Waals surface area contributed by atoms with Gasteiger partial charge in [-0.15, -0.1) is 0 Å². The number of halogens is 2. The Morgan fingerprint density at radius 2 is 2.00 bits per heavy atom. The van der Waals surface area contributed by atoms with Crippen LogP contribution in [0.15, 0.2) is 22.7 Å². The van der Waals surface area contributed by atoms with Gasteiger partial charge in [-0.3, -0.25) is 4.90 Å². The third-order valence-electron chi connectivity index (χ3n) is 10.0. The van der Waals surface area contributed by atoms with Gasteiger partial charge in [0, 0.05) is 36.3 Å². The first-order valence-electron chi connectivity index (χ1n) is 15.4. The summed E-state index contributed by atoms with van der Waals surface area (Å²) in [6.07, 6.45) is 6.24. The lowest BCUT2D eigenvalue weighted by molar-refractivity contribution is -0.0119. The van der Waals surface area contributed by atoms with Crippen LogP contribution < -0.4 is 15.4 Å². The number of anilines is 2. The molecule has 9 nitrogen and oxygen atoms in total. The number of alkyl halides is 2. The molecule has 0 bridgehead atoms. The molecule has 226 valence electrons. The van der Waals surface area contributed by atoms with E-state index in [0.29, 0.717) is 53.9 Å². The van der Waals surface area contributed by atoms with E-state index < -0.39 is 17.9 Å². The molecule has 0 amide bonds. The Kier molecular flexibility index (Phi) is 6.80. The number of nitrogens with zero attached hydrogens (tertiary/aromatic N) is 6. The lowest BCUT2D eigenvalue weighted by Crippen LogP contribution is -2.43.